The number of likely N-dealkylation sites (N-methyl/N-ethyl adjacent to an activating group) is 1. The second kappa shape index (κ2) is 4.83. The molecule has 0 spiro atoms. The first-order chi connectivity index (χ1) is 6.61. The summed E-state index contributed by atoms with van der Waals surface area (Å²) in [7, 11) is 1.77. The average Bonchev–Trinajstić information content (AvgIpc) is 2.43. The highest BCUT2D eigenvalue weighted by molar-refractivity contribution is 5.76. The van der Waals surface area contributed by atoms with Crippen LogP contribution in [0.25, 0.3) is 0 Å². The monoisotopic (exact) mass is 200 g/mol. The van der Waals surface area contributed by atoms with Crippen LogP contribution in [0.15, 0.2) is 0 Å². The predicted molar refractivity (Wildman–Crippen MR) is 51.1 cm³/mol. The van der Waals surface area contributed by atoms with Gasteiger partial charge < -0.3 is 15.3 Å². The number of amides is 2. The second-order valence-electron chi connectivity index (χ2n) is 3.59. The molecule has 2 N–H and O–H groups in total. The fourth-order valence-electron chi connectivity index (χ4n) is 1.58. The van der Waals surface area contributed by atoms with Crippen molar-refractivity contribution in [3.8, 4) is 0 Å². The molecule has 0 aromatic rings. The van der Waals surface area contributed by atoms with Crippen LogP contribution in [0.1, 0.15) is 25.7 Å². The van der Waals surface area contributed by atoms with Crippen molar-refractivity contribution in [2.75, 3.05) is 13.6 Å². The Morgan fingerprint density at radius 2 is 2.36 bits per heavy atom. The number of carbonyl (C=O) groups is 2. The van der Waals surface area contributed by atoms with Gasteiger partial charge in [0, 0.05) is 20.0 Å². The van der Waals surface area contributed by atoms with Crippen molar-refractivity contribution < 1.29 is 14.7 Å². The van der Waals surface area contributed by atoms with Crippen molar-refractivity contribution in [1.82, 2.24) is 10.2 Å². The van der Waals surface area contributed by atoms with Crippen LogP contribution >= 0.6 is 0 Å². The summed E-state index contributed by atoms with van der Waals surface area (Å²) in [4.78, 5) is 23.0. The van der Waals surface area contributed by atoms with Gasteiger partial charge in [-0.25, -0.2) is 4.79 Å². The maximum absolute atomic E-state index is 11.0. The van der Waals surface area contributed by atoms with Crippen LogP contribution in [0.3, 0.4) is 0 Å². The highest BCUT2D eigenvalue weighted by Crippen LogP contribution is 2.12. The Morgan fingerprint density at radius 1 is 1.64 bits per heavy atom. The first-order valence-electron chi connectivity index (χ1n) is 4.83. The van der Waals surface area contributed by atoms with E-state index in [1.165, 1.54) is 0 Å². The van der Waals surface area contributed by atoms with Gasteiger partial charge in [0.2, 0.25) is 0 Å². The molecule has 1 rings (SSSR count). The van der Waals surface area contributed by atoms with Gasteiger partial charge in [-0.15, -0.1) is 0 Å². The number of hydrogen-bond acceptors (Lipinski definition) is 2. The number of carbonyl (C=O) groups excluding carboxylic acids is 1. The molecule has 1 heterocycles. The topological polar surface area (TPSA) is 69.6 Å². The average molecular weight is 200 g/mol. The lowest BCUT2D eigenvalue weighted by atomic mass is 10.1. The van der Waals surface area contributed by atoms with Crippen LogP contribution in [-0.4, -0.2) is 41.6 Å². The Hall–Kier alpha value is -1.26. The zero-order valence-corrected chi connectivity index (χ0v) is 8.32. The minimum atomic E-state index is -0.751. The molecule has 2 amide bonds. The van der Waals surface area contributed by atoms with Crippen LogP contribution < -0.4 is 5.32 Å². The van der Waals surface area contributed by atoms with Gasteiger partial charge in [-0.2, -0.15) is 0 Å². The van der Waals surface area contributed by atoms with Crippen LogP contribution in [-0.2, 0) is 4.79 Å². The molecule has 5 heteroatoms. The molecule has 0 radical (unpaired) electrons. The van der Waals surface area contributed by atoms with Crippen LogP contribution in [0.2, 0.25) is 0 Å². The van der Waals surface area contributed by atoms with Crippen LogP contribution in [0, 0.1) is 0 Å². The van der Waals surface area contributed by atoms with Crippen molar-refractivity contribution in [3.05, 3.63) is 0 Å². The summed E-state index contributed by atoms with van der Waals surface area (Å²) in [5.41, 5.74) is 0. The highest BCUT2D eigenvalue weighted by Gasteiger charge is 2.26. The maximum atomic E-state index is 11.0. The SMILES string of the molecule is CN1C(=O)NCC1CCCCC(=O)O. The fourth-order valence-corrected chi connectivity index (χ4v) is 1.58. The summed E-state index contributed by atoms with van der Waals surface area (Å²) in [6.07, 6.45) is 2.64. The molecule has 0 aliphatic carbocycles. The lowest BCUT2D eigenvalue weighted by Gasteiger charge is -2.17. The number of unbranched alkanes of at least 4 members (excludes halogenated alkanes) is 1. The second-order valence-corrected chi connectivity index (χ2v) is 3.59. The molecule has 1 aliphatic rings. The summed E-state index contributed by atoms with van der Waals surface area (Å²) in [5, 5.41) is 11.2. The van der Waals surface area contributed by atoms with E-state index >= 15 is 0 Å². The Kier molecular flexibility index (Phi) is 3.73. The van der Waals surface area contributed by atoms with Crippen molar-refractivity contribution >= 4 is 12.0 Å². The molecular formula is C9H16N2O3. The Bertz CT molecular complexity index is 230. The third kappa shape index (κ3) is 2.90. The van der Waals surface area contributed by atoms with Crippen LogP contribution in [0.4, 0.5) is 4.79 Å². The van der Waals surface area contributed by atoms with Gasteiger partial charge in [0.25, 0.3) is 0 Å². The number of hydrogen-bond donors (Lipinski definition) is 2. The number of carboxylic acid groups (broad SMARTS) is 1. The van der Waals surface area contributed by atoms with E-state index in [1.807, 2.05) is 0 Å². The Balaban J connectivity index is 2.13. The fraction of sp³-hybridized carbons (Fsp3) is 0.778. The van der Waals surface area contributed by atoms with Gasteiger partial charge in [0.05, 0.1) is 6.04 Å². The van der Waals surface area contributed by atoms with Gasteiger partial charge in [0.1, 0.15) is 0 Å². The third-order valence-electron chi connectivity index (χ3n) is 2.53. The molecular weight excluding hydrogens is 184 g/mol. The summed E-state index contributed by atoms with van der Waals surface area (Å²) in [6, 6.07) is 0.199. The van der Waals surface area contributed by atoms with Crippen LogP contribution in [0.5, 0.6) is 0 Å². The van der Waals surface area contributed by atoms with E-state index in [0.29, 0.717) is 13.0 Å². The number of urea groups is 1. The molecule has 1 saturated heterocycles. The third-order valence-corrected chi connectivity index (χ3v) is 2.53. The van der Waals surface area contributed by atoms with Gasteiger partial charge in [-0.3, -0.25) is 4.79 Å². The lowest BCUT2D eigenvalue weighted by molar-refractivity contribution is -0.137. The number of carboxylic acids is 1. The molecule has 1 fully saturated rings. The number of nitrogens with zero attached hydrogens (tertiary/aromatic N) is 1. The zero-order chi connectivity index (χ0) is 10.6. The van der Waals surface area contributed by atoms with Gasteiger partial charge in [-0.1, -0.05) is 6.42 Å². The van der Waals surface area contributed by atoms with Gasteiger partial charge in [-0.05, 0) is 12.8 Å². The lowest BCUT2D eigenvalue weighted by Crippen LogP contribution is -2.29. The predicted octanol–water partition coefficient (Wildman–Crippen LogP) is 0.655. The molecule has 80 valence electrons. The summed E-state index contributed by atoms with van der Waals surface area (Å²) >= 11 is 0. The van der Waals surface area contributed by atoms with E-state index in [0.717, 1.165) is 12.8 Å². The van der Waals surface area contributed by atoms with E-state index in [4.69, 9.17) is 5.11 Å². The smallest absolute Gasteiger partial charge is 0.317 e. The molecule has 1 unspecified atom stereocenters. The van der Waals surface area contributed by atoms with E-state index in [2.05, 4.69) is 5.32 Å². The number of aliphatic carboxylic acids is 1. The molecule has 0 aromatic heterocycles. The molecule has 1 atom stereocenters. The molecule has 0 saturated carbocycles. The molecule has 5 nitrogen and oxygen atoms in total. The Labute approximate surface area is 83.1 Å². The minimum Gasteiger partial charge on any atom is -0.481 e. The molecule has 14 heavy (non-hydrogen) atoms. The summed E-state index contributed by atoms with van der Waals surface area (Å²) in [6.45, 7) is 0.683. The number of nitrogens with one attached hydrogen (secondary N) is 1. The largest absolute Gasteiger partial charge is 0.481 e. The zero-order valence-electron chi connectivity index (χ0n) is 8.32. The van der Waals surface area contributed by atoms with E-state index in [-0.39, 0.29) is 18.5 Å². The standard InChI is InChI=1S/C9H16N2O3/c1-11-7(6-10-9(11)14)4-2-3-5-8(12)13/h7H,2-6H2,1H3,(H,10,14)(H,12,13). The van der Waals surface area contributed by atoms with Crippen molar-refractivity contribution in [2.24, 2.45) is 0 Å². The van der Waals surface area contributed by atoms with Crippen molar-refractivity contribution in [2.45, 2.75) is 31.7 Å². The molecule has 0 aromatic carbocycles. The summed E-state index contributed by atoms with van der Waals surface area (Å²) < 4.78 is 0. The Morgan fingerprint density at radius 3 is 2.86 bits per heavy atom. The van der Waals surface area contributed by atoms with E-state index in [9.17, 15) is 9.59 Å². The first-order valence-corrected chi connectivity index (χ1v) is 4.83. The minimum absolute atomic E-state index is 0.0340. The van der Waals surface area contributed by atoms with Gasteiger partial charge >= 0.3 is 12.0 Å². The maximum Gasteiger partial charge on any atom is 0.317 e. The van der Waals surface area contributed by atoms with E-state index in [1.54, 1.807) is 11.9 Å². The normalized spacial score (nSPS) is 21.1. The highest BCUT2D eigenvalue weighted by atomic mass is 16.4. The summed E-state index contributed by atoms with van der Waals surface area (Å²) in [5.74, 6) is -0.751. The van der Waals surface area contributed by atoms with Crippen molar-refractivity contribution in [1.29, 1.82) is 0 Å². The van der Waals surface area contributed by atoms with Gasteiger partial charge in [0.15, 0.2) is 0 Å². The number of rotatable bonds is 5. The quantitative estimate of drug-likeness (QED) is 0.640. The van der Waals surface area contributed by atoms with Crippen molar-refractivity contribution in [3.63, 3.8) is 0 Å². The first kappa shape index (κ1) is 10.8. The van der Waals surface area contributed by atoms with E-state index < -0.39 is 5.97 Å². The molecule has 1 aliphatic heterocycles. The molecule has 0 bridgehead atoms.